The van der Waals surface area contributed by atoms with Crippen LogP contribution in [0, 0.1) is 34.0 Å². The van der Waals surface area contributed by atoms with Gasteiger partial charge in [-0.3, -0.25) is 13.8 Å². The molecule has 5 saturated carbocycles. The number of fused-ring (bicyclic) bond motifs is 3. The number of esters is 1. The Bertz CT molecular complexity index is 796. The molecule has 3 unspecified atom stereocenters. The summed E-state index contributed by atoms with van der Waals surface area (Å²) < 4.78 is 30.2. The second kappa shape index (κ2) is 8.91. The fourth-order valence-electron chi connectivity index (χ4n) is 9.20. The van der Waals surface area contributed by atoms with Gasteiger partial charge in [0, 0.05) is 13.5 Å². The zero-order chi connectivity index (χ0) is 24.1. The van der Waals surface area contributed by atoms with E-state index in [2.05, 4.69) is 25.9 Å². The summed E-state index contributed by atoms with van der Waals surface area (Å²) in [5.41, 5.74) is 0.325. The van der Waals surface area contributed by atoms with Gasteiger partial charge in [0.2, 0.25) is 0 Å². The van der Waals surface area contributed by atoms with Gasteiger partial charge < -0.3 is 4.74 Å². The molecular formula is C26H46NO5P. The lowest BCUT2D eigenvalue weighted by Gasteiger charge is -2.70. The van der Waals surface area contributed by atoms with Gasteiger partial charge in [-0.1, -0.05) is 20.3 Å². The van der Waals surface area contributed by atoms with Gasteiger partial charge in [-0.15, -0.1) is 0 Å². The third-order valence-electron chi connectivity index (χ3n) is 10.3. The first kappa shape index (κ1) is 25.7. The van der Waals surface area contributed by atoms with E-state index in [1.165, 1.54) is 44.9 Å². The van der Waals surface area contributed by atoms with E-state index < -0.39 is 7.75 Å². The van der Waals surface area contributed by atoms with Gasteiger partial charge in [-0.2, -0.15) is 0 Å². The SMILES string of the molecule is CCOP(=O)(NCC1(C)CCCC2(C)[C@@H]1CC[C@@]13CCC(C[C@@H]21)[C@@](C)(OC(C)=O)C3)OCC. The molecule has 5 rings (SSSR count). The molecule has 7 atom stereocenters. The van der Waals surface area contributed by atoms with Crippen LogP contribution in [0.4, 0.5) is 0 Å². The van der Waals surface area contributed by atoms with Crippen LogP contribution in [0.1, 0.15) is 99.3 Å². The lowest BCUT2D eigenvalue weighted by atomic mass is 9.36. The Hall–Kier alpha value is -0.420. The van der Waals surface area contributed by atoms with Crippen molar-refractivity contribution in [2.45, 2.75) is 105 Å². The first-order valence-corrected chi connectivity index (χ1v) is 14.8. The Balaban J connectivity index is 1.56. The molecule has 0 saturated heterocycles. The molecule has 0 aromatic rings. The van der Waals surface area contributed by atoms with Gasteiger partial charge in [0.05, 0.1) is 13.2 Å². The van der Waals surface area contributed by atoms with Crippen molar-refractivity contribution in [2.75, 3.05) is 19.8 Å². The van der Waals surface area contributed by atoms with Gasteiger partial charge in [-0.25, -0.2) is 9.65 Å². The maximum absolute atomic E-state index is 13.1. The highest BCUT2D eigenvalue weighted by atomic mass is 31.2. The topological polar surface area (TPSA) is 73.9 Å². The van der Waals surface area contributed by atoms with Crippen LogP contribution in [0.5, 0.6) is 0 Å². The second-order valence-electron chi connectivity index (χ2n) is 12.2. The lowest BCUT2D eigenvalue weighted by molar-refractivity contribution is -0.240. The van der Waals surface area contributed by atoms with E-state index in [-0.39, 0.29) is 22.4 Å². The van der Waals surface area contributed by atoms with Crippen molar-refractivity contribution in [3.05, 3.63) is 0 Å². The fraction of sp³-hybridized carbons (Fsp3) is 0.962. The average Bonchev–Trinajstić information content (AvgIpc) is 2.71. The first-order chi connectivity index (χ1) is 15.4. The van der Waals surface area contributed by atoms with E-state index in [4.69, 9.17) is 13.8 Å². The molecule has 190 valence electrons. The molecule has 1 N–H and O–H groups in total. The Morgan fingerprint density at radius 3 is 2.30 bits per heavy atom. The molecule has 0 aromatic carbocycles. The number of carbonyl (C=O) groups excluding carboxylic acids is 1. The maximum atomic E-state index is 13.1. The molecule has 5 fully saturated rings. The monoisotopic (exact) mass is 483 g/mol. The predicted molar refractivity (Wildman–Crippen MR) is 130 cm³/mol. The van der Waals surface area contributed by atoms with Crippen LogP contribution in [0.15, 0.2) is 0 Å². The number of carbonyl (C=O) groups is 1. The van der Waals surface area contributed by atoms with Crippen LogP contribution in [-0.4, -0.2) is 31.3 Å². The minimum atomic E-state index is -3.27. The standard InChI is InChI=1S/C26H46NO5P/c1-7-30-33(29,31-8-2)27-18-23(4)12-9-13-24(5)21(23)11-15-26-14-10-20(16-22(24)26)25(6,17-26)32-19(3)28/h20-22H,7-18H2,1-6H3,(H,27,29)/t20?,21-,22+,23?,24?,25+,26-/m1/s1. The van der Waals surface area contributed by atoms with Crippen molar-refractivity contribution in [3.8, 4) is 0 Å². The average molecular weight is 484 g/mol. The highest BCUT2D eigenvalue weighted by Gasteiger charge is 2.67. The second-order valence-corrected chi connectivity index (χ2v) is 14.1. The third kappa shape index (κ3) is 4.36. The van der Waals surface area contributed by atoms with Crippen molar-refractivity contribution < 1.29 is 23.1 Å². The summed E-state index contributed by atoms with van der Waals surface area (Å²) in [6.45, 7) is 13.8. The summed E-state index contributed by atoms with van der Waals surface area (Å²) in [7, 11) is -3.27. The normalized spacial score (nSPS) is 44.7. The largest absolute Gasteiger partial charge is 0.459 e. The van der Waals surface area contributed by atoms with E-state index in [0.29, 0.717) is 42.9 Å². The molecule has 33 heavy (non-hydrogen) atoms. The number of hydrogen-bond acceptors (Lipinski definition) is 5. The third-order valence-corrected chi connectivity index (χ3v) is 12.0. The van der Waals surface area contributed by atoms with Gasteiger partial charge in [0.15, 0.2) is 0 Å². The Kier molecular flexibility index (Phi) is 6.93. The molecule has 5 aliphatic carbocycles. The molecule has 6 nitrogen and oxygen atoms in total. The van der Waals surface area contributed by atoms with Gasteiger partial charge in [0.25, 0.3) is 0 Å². The number of nitrogens with one attached hydrogen (secondary N) is 1. The number of hydrogen-bond donors (Lipinski definition) is 1. The summed E-state index contributed by atoms with van der Waals surface area (Å²) in [4.78, 5) is 11.9. The molecule has 0 aromatic heterocycles. The van der Waals surface area contributed by atoms with E-state index in [1.54, 1.807) is 6.92 Å². The molecule has 0 amide bonds. The van der Waals surface area contributed by atoms with Crippen molar-refractivity contribution in [2.24, 2.45) is 34.0 Å². The molecule has 2 bridgehead atoms. The van der Waals surface area contributed by atoms with Crippen LogP contribution in [0.25, 0.3) is 0 Å². The molecule has 5 aliphatic rings. The molecule has 0 heterocycles. The number of ether oxygens (including phenoxy) is 1. The predicted octanol–water partition coefficient (Wildman–Crippen LogP) is 6.49. The Morgan fingerprint density at radius 2 is 1.67 bits per heavy atom. The van der Waals surface area contributed by atoms with Gasteiger partial charge in [-0.05, 0) is 106 Å². The summed E-state index contributed by atoms with van der Waals surface area (Å²) >= 11 is 0. The fourth-order valence-corrected chi connectivity index (χ4v) is 10.7. The van der Waals surface area contributed by atoms with Crippen molar-refractivity contribution in [1.82, 2.24) is 5.09 Å². The summed E-state index contributed by atoms with van der Waals surface area (Å²) in [6, 6.07) is 0. The van der Waals surface area contributed by atoms with E-state index in [1.807, 2.05) is 13.8 Å². The lowest BCUT2D eigenvalue weighted by Crippen LogP contribution is -2.65. The van der Waals surface area contributed by atoms with Crippen LogP contribution in [0.2, 0.25) is 0 Å². The summed E-state index contributed by atoms with van der Waals surface area (Å²) in [5.74, 6) is 1.59. The minimum absolute atomic E-state index is 0.0638. The van der Waals surface area contributed by atoms with E-state index in [0.717, 1.165) is 12.8 Å². The minimum Gasteiger partial charge on any atom is -0.459 e. The van der Waals surface area contributed by atoms with Crippen molar-refractivity contribution >= 4 is 13.7 Å². The van der Waals surface area contributed by atoms with E-state index >= 15 is 0 Å². The van der Waals surface area contributed by atoms with Crippen LogP contribution in [-0.2, 0) is 23.1 Å². The highest BCUT2D eigenvalue weighted by Crippen LogP contribution is 2.73. The highest BCUT2D eigenvalue weighted by molar-refractivity contribution is 7.51. The van der Waals surface area contributed by atoms with Gasteiger partial charge in [0.1, 0.15) is 5.60 Å². The molecule has 0 radical (unpaired) electrons. The maximum Gasteiger partial charge on any atom is 0.405 e. The number of rotatable bonds is 8. The molecular weight excluding hydrogens is 437 g/mol. The van der Waals surface area contributed by atoms with E-state index in [9.17, 15) is 9.36 Å². The molecule has 0 aliphatic heterocycles. The van der Waals surface area contributed by atoms with Gasteiger partial charge >= 0.3 is 13.7 Å². The van der Waals surface area contributed by atoms with Crippen molar-refractivity contribution in [3.63, 3.8) is 0 Å². The van der Waals surface area contributed by atoms with Crippen LogP contribution >= 0.6 is 7.75 Å². The summed E-state index contributed by atoms with van der Waals surface area (Å²) in [6.07, 6.45) is 10.7. The first-order valence-electron chi connectivity index (χ1n) is 13.3. The van der Waals surface area contributed by atoms with Crippen molar-refractivity contribution in [1.29, 1.82) is 0 Å². The van der Waals surface area contributed by atoms with Crippen LogP contribution < -0.4 is 5.09 Å². The zero-order valence-electron chi connectivity index (χ0n) is 21.7. The van der Waals surface area contributed by atoms with Crippen LogP contribution in [0.3, 0.4) is 0 Å². The Morgan fingerprint density at radius 1 is 1.00 bits per heavy atom. The Labute approximate surface area is 200 Å². The molecule has 7 heteroatoms. The zero-order valence-corrected chi connectivity index (χ0v) is 22.6. The summed E-state index contributed by atoms with van der Waals surface area (Å²) in [5, 5.41) is 3.25. The molecule has 1 spiro atoms. The quantitative estimate of drug-likeness (QED) is 0.314. The smallest absolute Gasteiger partial charge is 0.405 e.